The van der Waals surface area contributed by atoms with E-state index < -0.39 is 29.9 Å². The van der Waals surface area contributed by atoms with Gasteiger partial charge in [-0.05, 0) is 23.8 Å². The average Bonchev–Trinajstić information content (AvgIpc) is 2.76. The van der Waals surface area contributed by atoms with Crippen molar-refractivity contribution < 1.29 is 28.5 Å². The van der Waals surface area contributed by atoms with Crippen LogP contribution in [0.25, 0.3) is 0 Å². The largest absolute Gasteiger partial charge is 0.497 e. The Balaban J connectivity index is 1.67. The number of ether oxygens (including phenoxy) is 4. The van der Waals surface area contributed by atoms with Crippen LogP contribution in [0.5, 0.6) is 5.75 Å². The van der Waals surface area contributed by atoms with Gasteiger partial charge in [0.15, 0.2) is 6.10 Å². The van der Waals surface area contributed by atoms with E-state index in [4.69, 9.17) is 24.7 Å². The SMILES string of the molecule is COc1ccc(Cn2ccc(SC3OC(COC(C)=O)C(OC(C)=O)C(N)P3)cc2=O)cc1. The van der Waals surface area contributed by atoms with Crippen LogP contribution < -0.4 is 16.0 Å². The molecule has 1 aromatic heterocycles. The fourth-order valence-corrected chi connectivity index (χ4v) is 6.19. The van der Waals surface area contributed by atoms with E-state index in [-0.39, 0.29) is 25.9 Å². The third kappa shape index (κ3) is 7.30. The van der Waals surface area contributed by atoms with E-state index in [1.165, 1.54) is 25.6 Å². The third-order valence-electron chi connectivity index (χ3n) is 4.82. The topological polar surface area (TPSA) is 119 Å². The van der Waals surface area contributed by atoms with E-state index in [9.17, 15) is 14.4 Å². The van der Waals surface area contributed by atoms with Crippen molar-refractivity contribution in [2.75, 3.05) is 13.7 Å². The molecular formula is C22H27N2O7PS. The fourth-order valence-electron chi connectivity index (χ4n) is 3.24. The van der Waals surface area contributed by atoms with Crippen molar-refractivity contribution in [2.45, 2.75) is 48.5 Å². The van der Waals surface area contributed by atoms with E-state index in [1.54, 1.807) is 23.9 Å². The Labute approximate surface area is 197 Å². The second-order valence-corrected chi connectivity index (χ2v) is 10.4. The Hall–Kier alpha value is -2.39. The van der Waals surface area contributed by atoms with Crippen LogP contribution >= 0.6 is 20.3 Å². The molecule has 0 bridgehead atoms. The first-order valence-corrected chi connectivity index (χ1v) is 12.3. The maximum Gasteiger partial charge on any atom is 0.303 e. The van der Waals surface area contributed by atoms with Gasteiger partial charge >= 0.3 is 11.9 Å². The molecule has 0 radical (unpaired) electrons. The highest BCUT2D eigenvalue weighted by Gasteiger charge is 2.40. The van der Waals surface area contributed by atoms with Crippen molar-refractivity contribution in [3.8, 4) is 5.75 Å². The lowest BCUT2D eigenvalue weighted by molar-refractivity contribution is -0.163. The highest BCUT2D eigenvalue weighted by molar-refractivity contribution is 8.04. The maximum atomic E-state index is 12.6. The summed E-state index contributed by atoms with van der Waals surface area (Å²) in [6.07, 6.45) is 0.329. The predicted octanol–water partition coefficient (Wildman–Crippen LogP) is 2.14. The number of carbonyl (C=O) groups excluding carboxylic acids is 2. The Morgan fingerprint density at radius 3 is 2.52 bits per heavy atom. The van der Waals surface area contributed by atoms with Crippen LogP contribution in [-0.2, 0) is 30.3 Å². The second kappa shape index (κ2) is 11.7. The zero-order chi connectivity index (χ0) is 24.0. The molecule has 3 rings (SSSR count). The highest BCUT2D eigenvalue weighted by atomic mass is 32.2. The molecule has 178 valence electrons. The number of nitrogens with two attached hydrogens (primary N) is 1. The predicted molar refractivity (Wildman–Crippen MR) is 126 cm³/mol. The Morgan fingerprint density at radius 2 is 1.91 bits per heavy atom. The summed E-state index contributed by atoms with van der Waals surface area (Å²) in [5, 5.41) is -0.371. The summed E-state index contributed by atoms with van der Waals surface area (Å²) >= 11 is 1.36. The van der Waals surface area contributed by atoms with Gasteiger partial charge in [0.1, 0.15) is 23.6 Å². The van der Waals surface area contributed by atoms with E-state index in [0.29, 0.717) is 6.54 Å². The van der Waals surface area contributed by atoms with Gasteiger partial charge in [0.2, 0.25) is 0 Å². The summed E-state index contributed by atoms with van der Waals surface area (Å²) in [7, 11) is 1.71. The van der Waals surface area contributed by atoms with Gasteiger partial charge in [-0.3, -0.25) is 14.4 Å². The zero-order valence-corrected chi connectivity index (χ0v) is 20.4. The van der Waals surface area contributed by atoms with Crippen LogP contribution in [-0.4, -0.2) is 53.4 Å². The number of thioether (sulfide) groups is 1. The van der Waals surface area contributed by atoms with Crippen molar-refractivity contribution in [2.24, 2.45) is 5.73 Å². The number of nitrogens with zero attached hydrogens (tertiary/aromatic N) is 1. The number of pyridine rings is 1. The molecule has 1 fully saturated rings. The van der Waals surface area contributed by atoms with Crippen molar-refractivity contribution in [1.29, 1.82) is 0 Å². The Kier molecular flexibility index (Phi) is 8.91. The molecule has 33 heavy (non-hydrogen) atoms. The summed E-state index contributed by atoms with van der Waals surface area (Å²) in [6.45, 7) is 2.94. The molecule has 1 aliphatic heterocycles. The lowest BCUT2D eigenvalue weighted by atomic mass is 10.2. The molecule has 5 atom stereocenters. The van der Waals surface area contributed by atoms with Gasteiger partial charge in [-0.15, -0.1) is 0 Å². The number of rotatable bonds is 8. The quantitative estimate of drug-likeness (QED) is 0.435. The molecule has 0 amide bonds. The molecule has 1 saturated heterocycles. The van der Waals surface area contributed by atoms with Crippen LogP contribution in [0, 0.1) is 0 Å². The molecular weight excluding hydrogens is 467 g/mol. The van der Waals surface area contributed by atoms with Crippen LogP contribution in [0.2, 0.25) is 0 Å². The van der Waals surface area contributed by atoms with Gasteiger partial charge in [0.05, 0.1) is 19.4 Å². The van der Waals surface area contributed by atoms with Crippen LogP contribution in [0.15, 0.2) is 52.3 Å². The fraction of sp³-hybridized carbons (Fsp3) is 0.409. The van der Waals surface area contributed by atoms with Crippen molar-refractivity contribution in [3.63, 3.8) is 0 Å². The molecule has 0 saturated carbocycles. The number of aromatic nitrogens is 1. The van der Waals surface area contributed by atoms with Gasteiger partial charge in [0.25, 0.3) is 5.56 Å². The first-order chi connectivity index (χ1) is 15.7. The molecule has 0 spiro atoms. The number of methoxy groups -OCH3 is 1. The van der Waals surface area contributed by atoms with Crippen molar-refractivity contribution in [1.82, 2.24) is 4.57 Å². The van der Waals surface area contributed by atoms with E-state index in [2.05, 4.69) is 0 Å². The van der Waals surface area contributed by atoms with E-state index in [0.717, 1.165) is 16.2 Å². The van der Waals surface area contributed by atoms with E-state index >= 15 is 0 Å². The minimum absolute atomic E-state index is 0.0774. The van der Waals surface area contributed by atoms with E-state index in [1.807, 2.05) is 30.3 Å². The molecule has 11 heteroatoms. The molecule has 0 aliphatic carbocycles. The summed E-state index contributed by atoms with van der Waals surface area (Å²) in [5.41, 5.74) is 7.09. The molecule has 9 nitrogen and oxygen atoms in total. The van der Waals surface area contributed by atoms with Gasteiger partial charge < -0.3 is 29.2 Å². The van der Waals surface area contributed by atoms with Crippen LogP contribution in [0.3, 0.4) is 0 Å². The first-order valence-electron chi connectivity index (χ1n) is 10.2. The minimum atomic E-state index is -0.713. The molecule has 2 N–H and O–H groups in total. The first kappa shape index (κ1) is 25.2. The average molecular weight is 495 g/mol. The smallest absolute Gasteiger partial charge is 0.303 e. The normalized spacial score (nSPS) is 23.2. The minimum Gasteiger partial charge on any atom is -0.497 e. The van der Waals surface area contributed by atoms with Crippen molar-refractivity contribution in [3.05, 3.63) is 58.5 Å². The monoisotopic (exact) mass is 494 g/mol. The molecule has 1 aliphatic rings. The maximum absolute atomic E-state index is 12.6. The summed E-state index contributed by atoms with van der Waals surface area (Å²) in [5.74, 6) is -0.668. The van der Waals surface area contributed by atoms with Crippen molar-refractivity contribution >= 4 is 32.3 Å². The van der Waals surface area contributed by atoms with Crippen LogP contribution in [0.1, 0.15) is 19.4 Å². The molecule has 5 unspecified atom stereocenters. The number of carbonyl (C=O) groups is 2. The molecule has 2 aromatic rings. The van der Waals surface area contributed by atoms with Gasteiger partial charge in [-0.25, -0.2) is 0 Å². The number of hydrogen-bond donors (Lipinski definition) is 1. The summed E-state index contributed by atoms with van der Waals surface area (Å²) in [6, 6.07) is 10.9. The second-order valence-electron chi connectivity index (χ2n) is 7.37. The highest BCUT2D eigenvalue weighted by Crippen LogP contribution is 2.44. The summed E-state index contributed by atoms with van der Waals surface area (Å²) < 4.78 is 23.2. The lowest BCUT2D eigenvalue weighted by Gasteiger charge is -2.39. The Bertz CT molecular complexity index is 1030. The lowest BCUT2D eigenvalue weighted by Crippen LogP contribution is -2.51. The Morgan fingerprint density at radius 1 is 1.18 bits per heavy atom. The number of esters is 2. The number of hydrogen-bond acceptors (Lipinski definition) is 9. The number of benzene rings is 1. The molecule has 2 heterocycles. The third-order valence-corrected chi connectivity index (χ3v) is 7.56. The van der Waals surface area contributed by atoms with Gasteiger partial charge in [-0.2, -0.15) is 0 Å². The van der Waals surface area contributed by atoms with Gasteiger partial charge in [0, 0.05) is 31.0 Å². The van der Waals surface area contributed by atoms with Crippen LogP contribution in [0.4, 0.5) is 0 Å². The molecule has 1 aromatic carbocycles. The standard InChI is InChI=1S/C22H27N2O7PS/c1-13(25)29-12-18-20(30-14(2)26)21(23)32-22(31-18)33-17-8-9-24(19(27)10-17)11-15-4-6-16(28-3)7-5-15/h4-10,18,20-22,32H,11-12,23H2,1-3H3. The summed E-state index contributed by atoms with van der Waals surface area (Å²) in [4.78, 5) is 36.1. The zero-order valence-electron chi connectivity index (χ0n) is 18.6. The van der Waals surface area contributed by atoms with Gasteiger partial charge in [-0.1, -0.05) is 32.5 Å².